The third-order valence-electron chi connectivity index (χ3n) is 0.622. The molecule has 1 N–H and O–H groups in total. The SMILES string of the molecule is O=[13C](O)[13CH2][13CH2]C(F)(F)F. The third-order valence-corrected chi connectivity index (χ3v) is 0.622. The van der Waals surface area contributed by atoms with Crippen molar-refractivity contribution in [1.29, 1.82) is 0 Å². The smallest absolute Gasteiger partial charge is 0.389 e. The molecule has 0 bridgehead atoms. The van der Waals surface area contributed by atoms with E-state index in [9.17, 15) is 18.0 Å². The average molecular weight is 145 g/mol. The molecule has 0 unspecified atom stereocenters. The van der Waals surface area contributed by atoms with Crippen molar-refractivity contribution in [1.82, 2.24) is 0 Å². The van der Waals surface area contributed by atoms with Crippen LogP contribution in [-0.2, 0) is 4.79 Å². The highest BCUT2D eigenvalue weighted by Gasteiger charge is 2.27. The number of halogens is 3. The first-order valence-corrected chi connectivity index (χ1v) is 2.20. The summed E-state index contributed by atoms with van der Waals surface area (Å²) in [6.45, 7) is 0. The minimum absolute atomic E-state index is 0.844. The Labute approximate surface area is 49.3 Å². The first-order chi connectivity index (χ1) is 3.92. The molecule has 0 aliphatic heterocycles. The second-order valence-corrected chi connectivity index (χ2v) is 1.51. The van der Waals surface area contributed by atoms with Gasteiger partial charge in [-0.3, -0.25) is 4.79 Å². The highest BCUT2D eigenvalue weighted by molar-refractivity contribution is 5.66. The molecular formula is C4H5F3O2. The fourth-order valence-corrected chi connectivity index (χ4v) is 0.249. The molecule has 0 radical (unpaired) electrons. The number of carboxylic acid groups (broad SMARTS) is 1. The van der Waals surface area contributed by atoms with Crippen LogP contribution < -0.4 is 0 Å². The average Bonchev–Trinajstić information content (AvgIpc) is 1.59. The van der Waals surface area contributed by atoms with Gasteiger partial charge in [-0.05, 0) is 0 Å². The molecule has 2 nitrogen and oxygen atoms in total. The van der Waals surface area contributed by atoms with E-state index in [4.69, 9.17) is 5.11 Å². The van der Waals surface area contributed by atoms with Gasteiger partial charge in [0.15, 0.2) is 0 Å². The van der Waals surface area contributed by atoms with Gasteiger partial charge in [0.05, 0.1) is 12.8 Å². The van der Waals surface area contributed by atoms with Gasteiger partial charge in [-0.1, -0.05) is 0 Å². The van der Waals surface area contributed by atoms with Gasteiger partial charge < -0.3 is 5.11 Å². The maximum atomic E-state index is 11.2. The summed E-state index contributed by atoms with van der Waals surface area (Å²) >= 11 is 0. The Balaban J connectivity index is 3.39. The highest BCUT2D eigenvalue weighted by atomic mass is 19.4. The summed E-state index contributed by atoms with van der Waals surface area (Å²) in [5.41, 5.74) is 0. The number of hydrogen-bond donors (Lipinski definition) is 1. The van der Waals surface area contributed by atoms with Crippen LogP contribution >= 0.6 is 0 Å². The van der Waals surface area contributed by atoms with Gasteiger partial charge in [0.2, 0.25) is 0 Å². The number of carbonyl (C=O) groups is 1. The van der Waals surface area contributed by atoms with Crippen LogP contribution in [-0.4, -0.2) is 17.3 Å². The first kappa shape index (κ1) is 8.26. The molecule has 5 heteroatoms. The lowest BCUT2D eigenvalue weighted by Gasteiger charge is -2.01. The zero-order valence-corrected chi connectivity index (χ0v) is 4.40. The molecule has 0 heterocycles. The highest BCUT2D eigenvalue weighted by Crippen LogP contribution is 2.20. The summed E-state index contributed by atoms with van der Waals surface area (Å²) < 4.78 is 33.5. The van der Waals surface area contributed by atoms with Crippen molar-refractivity contribution in [3.63, 3.8) is 0 Å². The number of aliphatic carboxylic acids is 1. The summed E-state index contributed by atoms with van der Waals surface area (Å²) in [5, 5.41) is 7.78. The Morgan fingerprint density at radius 3 is 2.00 bits per heavy atom. The Morgan fingerprint density at radius 1 is 1.44 bits per heavy atom. The number of carboxylic acids is 1. The fourth-order valence-electron chi connectivity index (χ4n) is 0.249. The van der Waals surface area contributed by atoms with Crippen molar-refractivity contribution in [2.75, 3.05) is 0 Å². The quantitative estimate of drug-likeness (QED) is 0.596. The molecule has 0 aliphatic rings. The molecule has 0 saturated heterocycles. The summed E-state index contributed by atoms with van der Waals surface area (Å²) in [7, 11) is 0. The lowest BCUT2D eigenvalue weighted by atomic mass is 10.9. The normalized spacial score (nSPS) is 11.4. The Kier molecular flexibility index (Phi) is 2.48. The molecule has 0 saturated carbocycles. The van der Waals surface area contributed by atoms with Crippen LogP contribution in [0.2, 0.25) is 0 Å². The van der Waals surface area contributed by atoms with Crippen LogP contribution in [0.4, 0.5) is 13.2 Å². The van der Waals surface area contributed by atoms with Crippen LogP contribution in [0, 0.1) is 0 Å². The number of hydrogen-bond acceptors (Lipinski definition) is 1. The van der Waals surface area contributed by atoms with Gasteiger partial charge in [-0.15, -0.1) is 0 Å². The van der Waals surface area contributed by atoms with E-state index >= 15 is 0 Å². The summed E-state index contributed by atoms with van der Waals surface area (Å²) in [6, 6.07) is 0. The fraction of sp³-hybridized carbons (Fsp3) is 0.750. The zero-order valence-electron chi connectivity index (χ0n) is 4.40. The van der Waals surface area contributed by atoms with E-state index in [0.29, 0.717) is 0 Å². The summed E-state index contributed by atoms with van der Waals surface area (Å²) in [4.78, 5) is 9.55. The van der Waals surface area contributed by atoms with Crippen LogP contribution in [0.5, 0.6) is 0 Å². The monoisotopic (exact) mass is 145 g/mol. The molecule has 0 fully saturated rings. The zero-order chi connectivity index (χ0) is 7.49. The molecule has 0 aliphatic carbocycles. The molecule has 0 aromatic heterocycles. The lowest BCUT2D eigenvalue weighted by molar-refractivity contribution is -0.152. The maximum Gasteiger partial charge on any atom is 0.389 e. The second kappa shape index (κ2) is 2.70. The van der Waals surface area contributed by atoms with Gasteiger partial charge in [-0.2, -0.15) is 13.2 Å². The molecule has 0 atom stereocenters. The molecular weight excluding hydrogens is 140 g/mol. The van der Waals surface area contributed by atoms with Gasteiger partial charge in [0, 0.05) is 0 Å². The summed E-state index contributed by atoms with van der Waals surface area (Å²) in [5.74, 6) is -1.42. The van der Waals surface area contributed by atoms with E-state index in [1.165, 1.54) is 0 Å². The summed E-state index contributed by atoms with van der Waals surface area (Å²) in [6.07, 6.45) is -6.44. The second-order valence-electron chi connectivity index (χ2n) is 1.51. The molecule has 54 valence electrons. The van der Waals surface area contributed by atoms with Gasteiger partial charge in [-0.25, -0.2) is 0 Å². The van der Waals surface area contributed by atoms with Crippen molar-refractivity contribution >= 4 is 5.97 Å². The molecule has 9 heavy (non-hydrogen) atoms. The van der Waals surface area contributed by atoms with Crippen molar-refractivity contribution in [3.05, 3.63) is 0 Å². The van der Waals surface area contributed by atoms with Crippen LogP contribution in [0.3, 0.4) is 0 Å². The standard InChI is InChI=1S/C4H5F3O2/c5-4(6,7)2-1-3(8)9/h1-2H2,(H,8,9)/i1+1,2+1,3+1. The van der Waals surface area contributed by atoms with Crippen molar-refractivity contribution in [2.24, 2.45) is 0 Å². The van der Waals surface area contributed by atoms with E-state index in [0.717, 1.165) is 0 Å². The van der Waals surface area contributed by atoms with Crippen LogP contribution in [0.25, 0.3) is 0 Å². The van der Waals surface area contributed by atoms with E-state index < -0.39 is 25.0 Å². The maximum absolute atomic E-state index is 11.2. The van der Waals surface area contributed by atoms with E-state index in [1.54, 1.807) is 0 Å². The van der Waals surface area contributed by atoms with Crippen molar-refractivity contribution in [3.8, 4) is 0 Å². The molecule has 0 rings (SSSR count). The first-order valence-electron chi connectivity index (χ1n) is 2.20. The van der Waals surface area contributed by atoms with Gasteiger partial charge in [0.1, 0.15) is 0 Å². The minimum atomic E-state index is -4.35. The largest absolute Gasteiger partial charge is 0.481 e. The van der Waals surface area contributed by atoms with Crippen molar-refractivity contribution < 1.29 is 23.1 Å². The Morgan fingerprint density at radius 2 is 1.89 bits per heavy atom. The van der Waals surface area contributed by atoms with Crippen molar-refractivity contribution in [2.45, 2.75) is 19.0 Å². The van der Waals surface area contributed by atoms with E-state index in [-0.39, 0.29) is 0 Å². The predicted octanol–water partition coefficient (Wildman–Crippen LogP) is 1.41. The van der Waals surface area contributed by atoms with E-state index in [2.05, 4.69) is 0 Å². The Bertz CT molecular complexity index is 107. The molecule has 0 amide bonds. The number of rotatable bonds is 2. The molecule has 0 spiro atoms. The topological polar surface area (TPSA) is 37.3 Å². The van der Waals surface area contributed by atoms with Crippen LogP contribution in [0.15, 0.2) is 0 Å². The molecule has 0 aromatic carbocycles. The third kappa shape index (κ3) is 7.26. The van der Waals surface area contributed by atoms with Crippen LogP contribution in [0.1, 0.15) is 12.8 Å². The van der Waals surface area contributed by atoms with Gasteiger partial charge in [0.25, 0.3) is 0 Å². The van der Waals surface area contributed by atoms with Gasteiger partial charge >= 0.3 is 12.1 Å². The minimum Gasteiger partial charge on any atom is -0.481 e. The molecule has 0 aromatic rings. The lowest BCUT2D eigenvalue weighted by Crippen LogP contribution is -2.09. The Hall–Kier alpha value is -0.740. The predicted molar refractivity (Wildman–Crippen MR) is 22.9 cm³/mol. The van der Waals surface area contributed by atoms with E-state index in [1.807, 2.05) is 0 Å². The number of alkyl halides is 3.